The van der Waals surface area contributed by atoms with Crippen molar-refractivity contribution in [3.05, 3.63) is 41.1 Å². The molecule has 1 fully saturated rings. The summed E-state index contributed by atoms with van der Waals surface area (Å²) in [6, 6.07) is 7.89. The van der Waals surface area contributed by atoms with E-state index < -0.39 is 0 Å². The second kappa shape index (κ2) is 4.72. The fraction of sp³-hybridized carbons (Fsp3) is 0.333. The fourth-order valence-corrected chi connectivity index (χ4v) is 2.50. The highest BCUT2D eigenvalue weighted by atomic mass is 16.5. The van der Waals surface area contributed by atoms with Crippen LogP contribution in [0.4, 0.5) is 0 Å². The van der Waals surface area contributed by atoms with E-state index >= 15 is 0 Å². The van der Waals surface area contributed by atoms with Gasteiger partial charge in [0.15, 0.2) is 6.29 Å². The van der Waals surface area contributed by atoms with Crippen LogP contribution < -0.4 is 0 Å². The maximum atomic E-state index is 11.3. The van der Waals surface area contributed by atoms with Gasteiger partial charge >= 0.3 is 0 Å². The van der Waals surface area contributed by atoms with Crippen molar-refractivity contribution in [1.82, 2.24) is 9.88 Å². The van der Waals surface area contributed by atoms with Crippen LogP contribution >= 0.6 is 0 Å². The minimum Gasteiger partial charge on any atom is -0.355 e. The summed E-state index contributed by atoms with van der Waals surface area (Å²) in [4.78, 5) is 18.0. The SMILES string of the molecule is Cc1cccc2cc(C=O)c(C3CN(C)CO3)nc12. The molecule has 98 valence electrons. The predicted molar refractivity (Wildman–Crippen MR) is 73.2 cm³/mol. The third kappa shape index (κ3) is 2.13. The maximum absolute atomic E-state index is 11.3. The predicted octanol–water partition coefficient (Wildman–Crippen LogP) is 2.32. The molecule has 0 saturated carbocycles. The van der Waals surface area contributed by atoms with E-state index in [0.29, 0.717) is 12.3 Å². The second-order valence-electron chi connectivity index (χ2n) is 5.05. The van der Waals surface area contributed by atoms with Gasteiger partial charge in [0.25, 0.3) is 0 Å². The molecule has 1 aliphatic heterocycles. The molecule has 1 unspecified atom stereocenters. The van der Waals surface area contributed by atoms with Crippen molar-refractivity contribution >= 4 is 17.2 Å². The molecular formula is C15H16N2O2. The van der Waals surface area contributed by atoms with Crippen molar-refractivity contribution in [1.29, 1.82) is 0 Å². The van der Waals surface area contributed by atoms with Gasteiger partial charge in [0.2, 0.25) is 0 Å². The van der Waals surface area contributed by atoms with Crippen LogP contribution in [0.5, 0.6) is 0 Å². The molecule has 1 aromatic carbocycles. The molecule has 0 spiro atoms. The summed E-state index contributed by atoms with van der Waals surface area (Å²) in [5.41, 5.74) is 3.43. The number of hydrogen-bond donors (Lipinski definition) is 0. The normalized spacial score (nSPS) is 20.0. The van der Waals surface area contributed by atoms with Gasteiger partial charge in [-0.25, -0.2) is 4.98 Å². The van der Waals surface area contributed by atoms with Crippen LogP contribution in [0.25, 0.3) is 10.9 Å². The molecule has 0 N–H and O–H groups in total. The number of fused-ring (bicyclic) bond motifs is 1. The van der Waals surface area contributed by atoms with Crippen LogP contribution in [0, 0.1) is 6.92 Å². The van der Waals surface area contributed by atoms with E-state index in [9.17, 15) is 4.79 Å². The molecule has 1 aromatic heterocycles. The number of carbonyl (C=O) groups is 1. The van der Waals surface area contributed by atoms with E-state index in [1.54, 1.807) is 0 Å². The minimum atomic E-state index is -0.116. The van der Waals surface area contributed by atoms with Gasteiger partial charge in [-0.3, -0.25) is 9.69 Å². The fourth-order valence-electron chi connectivity index (χ4n) is 2.50. The topological polar surface area (TPSA) is 42.4 Å². The average molecular weight is 256 g/mol. The van der Waals surface area contributed by atoms with Gasteiger partial charge in [0, 0.05) is 17.5 Å². The van der Waals surface area contributed by atoms with Gasteiger partial charge in [-0.15, -0.1) is 0 Å². The summed E-state index contributed by atoms with van der Waals surface area (Å²) < 4.78 is 5.69. The Balaban J connectivity index is 2.17. The van der Waals surface area contributed by atoms with Crippen molar-refractivity contribution in [3.8, 4) is 0 Å². The van der Waals surface area contributed by atoms with E-state index in [4.69, 9.17) is 4.74 Å². The van der Waals surface area contributed by atoms with E-state index in [1.165, 1.54) is 0 Å². The minimum absolute atomic E-state index is 0.116. The first-order chi connectivity index (χ1) is 9.19. The van der Waals surface area contributed by atoms with Crippen molar-refractivity contribution in [2.24, 2.45) is 0 Å². The van der Waals surface area contributed by atoms with Crippen LogP contribution in [0.15, 0.2) is 24.3 Å². The Bertz CT molecular complexity index is 639. The summed E-state index contributed by atoms with van der Waals surface area (Å²) in [5, 5.41) is 0.997. The van der Waals surface area contributed by atoms with Crippen LogP contribution in [0.1, 0.15) is 27.7 Å². The molecule has 2 heterocycles. The first-order valence-electron chi connectivity index (χ1n) is 6.34. The summed E-state index contributed by atoms with van der Waals surface area (Å²) in [6.07, 6.45) is 0.750. The number of carbonyl (C=O) groups excluding carboxylic acids is 1. The lowest BCUT2D eigenvalue weighted by Gasteiger charge is -2.13. The number of nitrogens with zero attached hydrogens (tertiary/aromatic N) is 2. The molecule has 1 aliphatic rings. The number of aryl methyl sites for hydroxylation is 1. The van der Waals surface area contributed by atoms with Crippen LogP contribution in [0.2, 0.25) is 0 Å². The summed E-state index contributed by atoms with van der Waals surface area (Å²) in [5.74, 6) is 0. The standard InChI is InChI=1S/C15H16N2O2/c1-10-4-3-5-11-6-12(8-18)15(16-14(10)11)13-7-17(2)9-19-13/h3-6,8,13H,7,9H2,1-2H3. The maximum Gasteiger partial charge on any atom is 0.152 e. The number of ether oxygens (including phenoxy) is 1. The van der Waals surface area contributed by atoms with Gasteiger partial charge < -0.3 is 4.74 Å². The molecular weight excluding hydrogens is 240 g/mol. The Labute approximate surface area is 112 Å². The zero-order valence-electron chi connectivity index (χ0n) is 11.1. The van der Waals surface area contributed by atoms with E-state index in [0.717, 1.165) is 35.0 Å². The molecule has 1 atom stereocenters. The van der Waals surface area contributed by atoms with Crippen LogP contribution in [-0.2, 0) is 4.74 Å². The molecule has 0 aliphatic carbocycles. The highest BCUT2D eigenvalue weighted by Gasteiger charge is 2.25. The molecule has 0 amide bonds. The first kappa shape index (κ1) is 12.3. The third-order valence-electron chi connectivity index (χ3n) is 3.51. The Hall–Kier alpha value is -1.78. The average Bonchev–Trinajstić information content (AvgIpc) is 2.84. The van der Waals surface area contributed by atoms with Gasteiger partial charge in [-0.2, -0.15) is 0 Å². The Kier molecular flexibility index (Phi) is 3.05. The number of para-hydroxylation sites is 1. The van der Waals surface area contributed by atoms with E-state index in [2.05, 4.69) is 9.88 Å². The summed E-state index contributed by atoms with van der Waals surface area (Å²) >= 11 is 0. The summed E-state index contributed by atoms with van der Waals surface area (Å²) in [6.45, 7) is 3.38. The summed E-state index contributed by atoms with van der Waals surface area (Å²) in [7, 11) is 1.99. The Morgan fingerprint density at radius 1 is 1.47 bits per heavy atom. The molecule has 4 heteroatoms. The zero-order valence-corrected chi connectivity index (χ0v) is 11.1. The van der Waals surface area contributed by atoms with Crippen molar-refractivity contribution in [2.75, 3.05) is 20.3 Å². The molecule has 19 heavy (non-hydrogen) atoms. The molecule has 3 rings (SSSR count). The quantitative estimate of drug-likeness (QED) is 0.773. The zero-order chi connectivity index (χ0) is 13.4. The van der Waals surface area contributed by atoms with Gasteiger partial charge in [0.1, 0.15) is 6.10 Å². The third-order valence-corrected chi connectivity index (χ3v) is 3.51. The van der Waals surface area contributed by atoms with Crippen molar-refractivity contribution in [2.45, 2.75) is 13.0 Å². The largest absolute Gasteiger partial charge is 0.355 e. The molecule has 1 saturated heterocycles. The number of rotatable bonds is 2. The molecule has 0 radical (unpaired) electrons. The smallest absolute Gasteiger partial charge is 0.152 e. The number of aldehydes is 1. The first-order valence-corrected chi connectivity index (χ1v) is 6.34. The highest BCUT2D eigenvalue weighted by Crippen LogP contribution is 2.27. The molecule has 4 nitrogen and oxygen atoms in total. The Morgan fingerprint density at radius 2 is 2.32 bits per heavy atom. The Morgan fingerprint density at radius 3 is 3.00 bits per heavy atom. The lowest BCUT2D eigenvalue weighted by molar-refractivity contribution is 0.0917. The van der Waals surface area contributed by atoms with Crippen molar-refractivity contribution in [3.63, 3.8) is 0 Å². The molecule has 2 aromatic rings. The van der Waals surface area contributed by atoms with Gasteiger partial charge in [-0.1, -0.05) is 18.2 Å². The van der Waals surface area contributed by atoms with E-state index in [-0.39, 0.29) is 6.10 Å². The second-order valence-corrected chi connectivity index (χ2v) is 5.05. The number of benzene rings is 1. The monoisotopic (exact) mass is 256 g/mol. The van der Waals surface area contributed by atoms with Crippen LogP contribution in [0.3, 0.4) is 0 Å². The van der Waals surface area contributed by atoms with Gasteiger partial charge in [-0.05, 0) is 25.6 Å². The van der Waals surface area contributed by atoms with Gasteiger partial charge in [0.05, 0.1) is 17.9 Å². The lowest BCUT2D eigenvalue weighted by atomic mass is 10.0. The number of pyridine rings is 1. The van der Waals surface area contributed by atoms with Crippen molar-refractivity contribution < 1.29 is 9.53 Å². The number of likely N-dealkylation sites (N-methyl/N-ethyl adjacent to an activating group) is 1. The lowest BCUT2D eigenvalue weighted by Crippen LogP contribution is -2.14. The van der Waals surface area contributed by atoms with Crippen LogP contribution in [-0.4, -0.2) is 36.5 Å². The highest BCUT2D eigenvalue weighted by molar-refractivity contribution is 5.89. The number of hydrogen-bond acceptors (Lipinski definition) is 4. The van der Waals surface area contributed by atoms with E-state index in [1.807, 2.05) is 38.2 Å². The molecule has 0 bridgehead atoms. The number of aromatic nitrogens is 1.